The van der Waals surface area contributed by atoms with Gasteiger partial charge < -0.3 is 10.6 Å². The van der Waals surface area contributed by atoms with Gasteiger partial charge in [0.05, 0.1) is 4.92 Å². The molecule has 0 spiro atoms. The van der Waals surface area contributed by atoms with Gasteiger partial charge in [0.2, 0.25) is 0 Å². The molecule has 1 fully saturated rings. The molecule has 1 aromatic heterocycles. The Bertz CT molecular complexity index is 379. The zero-order chi connectivity index (χ0) is 11.5. The Hall–Kier alpha value is -1.69. The van der Waals surface area contributed by atoms with Crippen LogP contribution in [0, 0.1) is 10.1 Å². The fraction of sp³-hybridized carbons (Fsp3) is 0.500. The molecule has 2 N–H and O–H groups in total. The Labute approximate surface area is 93.2 Å². The van der Waals surface area contributed by atoms with Crippen LogP contribution in [0.15, 0.2) is 18.3 Å². The highest BCUT2D eigenvalue weighted by Gasteiger charge is 2.18. The second kappa shape index (κ2) is 4.44. The van der Waals surface area contributed by atoms with Gasteiger partial charge in [-0.15, -0.1) is 0 Å². The summed E-state index contributed by atoms with van der Waals surface area (Å²) >= 11 is 0. The summed E-state index contributed by atoms with van der Waals surface area (Å²) in [5.74, 6) is 0.765. The third-order valence-corrected chi connectivity index (χ3v) is 2.72. The van der Waals surface area contributed by atoms with Crippen molar-refractivity contribution in [3.63, 3.8) is 0 Å². The van der Waals surface area contributed by atoms with Gasteiger partial charge in [0.1, 0.15) is 12.0 Å². The normalized spacial score (nSPS) is 20.8. The van der Waals surface area contributed by atoms with Crippen LogP contribution in [-0.4, -0.2) is 29.0 Å². The van der Waals surface area contributed by atoms with E-state index in [1.54, 1.807) is 6.07 Å². The summed E-state index contributed by atoms with van der Waals surface area (Å²) in [4.78, 5) is 16.2. The van der Waals surface area contributed by atoms with Crippen molar-refractivity contribution in [1.82, 2.24) is 4.98 Å². The van der Waals surface area contributed by atoms with Crippen molar-refractivity contribution in [2.75, 3.05) is 18.0 Å². The van der Waals surface area contributed by atoms with Crippen LogP contribution in [0.1, 0.15) is 12.8 Å². The summed E-state index contributed by atoms with van der Waals surface area (Å²) in [5.41, 5.74) is 5.88. The van der Waals surface area contributed by atoms with Crippen molar-refractivity contribution in [1.29, 1.82) is 0 Å². The average Bonchev–Trinajstić information content (AvgIpc) is 2.29. The molecule has 6 heteroatoms. The highest BCUT2D eigenvalue weighted by atomic mass is 16.6. The third kappa shape index (κ3) is 2.27. The minimum atomic E-state index is -0.446. The first-order chi connectivity index (χ1) is 7.66. The maximum atomic E-state index is 10.5. The molecule has 0 amide bonds. The van der Waals surface area contributed by atoms with Crippen LogP contribution >= 0.6 is 0 Å². The lowest BCUT2D eigenvalue weighted by molar-refractivity contribution is -0.385. The van der Waals surface area contributed by atoms with E-state index in [9.17, 15) is 10.1 Å². The molecule has 0 saturated carbocycles. The van der Waals surface area contributed by atoms with E-state index in [1.165, 1.54) is 12.3 Å². The van der Waals surface area contributed by atoms with Crippen molar-refractivity contribution >= 4 is 11.5 Å². The van der Waals surface area contributed by atoms with E-state index in [1.807, 2.05) is 0 Å². The molecule has 86 valence electrons. The maximum Gasteiger partial charge on any atom is 0.287 e. The van der Waals surface area contributed by atoms with Crippen molar-refractivity contribution in [3.05, 3.63) is 28.4 Å². The van der Waals surface area contributed by atoms with Crippen molar-refractivity contribution in [2.24, 2.45) is 5.73 Å². The van der Waals surface area contributed by atoms with Gasteiger partial charge in [-0.25, -0.2) is 4.98 Å². The number of nitrogens with zero attached hydrogens (tertiary/aromatic N) is 3. The minimum absolute atomic E-state index is 0.0186. The number of hydrogen-bond donors (Lipinski definition) is 1. The van der Waals surface area contributed by atoms with Crippen molar-refractivity contribution in [3.8, 4) is 0 Å². The summed E-state index contributed by atoms with van der Waals surface area (Å²) in [7, 11) is 0. The topological polar surface area (TPSA) is 85.3 Å². The lowest BCUT2D eigenvalue weighted by atomic mass is 10.1. The molecule has 1 aliphatic rings. The molecule has 0 aliphatic carbocycles. The first kappa shape index (κ1) is 10.8. The maximum absolute atomic E-state index is 10.5. The average molecular weight is 222 g/mol. The van der Waals surface area contributed by atoms with Gasteiger partial charge in [-0.3, -0.25) is 10.1 Å². The van der Waals surface area contributed by atoms with Gasteiger partial charge in [-0.05, 0) is 18.9 Å². The fourth-order valence-electron chi connectivity index (χ4n) is 1.89. The first-order valence-corrected chi connectivity index (χ1v) is 5.28. The Morgan fingerprint density at radius 3 is 2.94 bits per heavy atom. The fourth-order valence-corrected chi connectivity index (χ4v) is 1.89. The monoisotopic (exact) mass is 222 g/mol. The van der Waals surface area contributed by atoms with Gasteiger partial charge in [-0.1, -0.05) is 0 Å². The molecule has 1 aromatic rings. The molecule has 0 aromatic carbocycles. The van der Waals surface area contributed by atoms with E-state index in [0.717, 1.165) is 31.7 Å². The second-order valence-corrected chi connectivity index (χ2v) is 3.98. The zero-order valence-electron chi connectivity index (χ0n) is 8.87. The Morgan fingerprint density at radius 1 is 1.56 bits per heavy atom. The summed E-state index contributed by atoms with van der Waals surface area (Å²) in [6.45, 7) is 1.68. The molecule has 1 atom stereocenters. The Morgan fingerprint density at radius 2 is 2.38 bits per heavy atom. The van der Waals surface area contributed by atoms with Crippen molar-refractivity contribution in [2.45, 2.75) is 18.9 Å². The number of nitrogens with two attached hydrogens (primary N) is 1. The van der Waals surface area contributed by atoms with Gasteiger partial charge in [0, 0.05) is 25.2 Å². The van der Waals surface area contributed by atoms with Crippen LogP contribution in [0.5, 0.6) is 0 Å². The van der Waals surface area contributed by atoms with Gasteiger partial charge >= 0.3 is 0 Å². The van der Waals surface area contributed by atoms with Crippen LogP contribution in [0.2, 0.25) is 0 Å². The SMILES string of the molecule is NC1CCCN(c2ccc([N+](=O)[O-])cn2)C1. The number of anilines is 1. The second-order valence-electron chi connectivity index (χ2n) is 3.98. The third-order valence-electron chi connectivity index (χ3n) is 2.72. The van der Waals surface area contributed by atoms with Crippen LogP contribution < -0.4 is 10.6 Å². The van der Waals surface area contributed by atoms with Gasteiger partial charge in [-0.2, -0.15) is 0 Å². The quantitative estimate of drug-likeness (QED) is 0.594. The van der Waals surface area contributed by atoms with Crippen LogP contribution in [-0.2, 0) is 0 Å². The Balaban J connectivity index is 2.11. The van der Waals surface area contributed by atoms with E-state index in [-0.39, 0.29) is 11.7 Å². The predicted octanol–water partition coefficient (Wildman–Crippen LogP) is 0.917. The number of pyridine rings is 1. The number of piperidine rings is 1. The lowest BCUT2D eigenvalue weighted by Crippen LogP contribution is -2.43. The number of rotatable bonds is 2. The largest absolute Gasteiger partial charge is 0.355 e. The number of aromatic nitrogens is 1. The number of nitro groups is 1. The molecule has 6 nitrogen and oxygen atoms in total. The summed E-state index contributed by atoms with van der Waals surface area (Å²) in [6.07, 6.45) is 3.36. The Kier molecular flexibility index (Phi) is 3.00. The first-order valence-electron chi connectivity index (χ1n) is 5.28. The molecule has 0 bridgehead atoms. The molecule has 1 unspecified atom stereocenters. The molecule has 2 rings (SSSR count). The van der Waals surface area contributed by atoms with E-state index < -0.39 is 4.92 Å². The lowest BCUT2D eigenvalue weighted by Gasteiger charge is -2.31. The predicted molar refractivity (Wildman–Crippen MR) is 60.3 cm³/mol. The minimum Gasteiger partial charge on any atom is -0.355 e. The molecule has 0 radical (unpaired) electrons. The van der Waals surface area contributed by atoms with Gasteiger partial charge in [0.25, 0.3) is 5.69 Å². The standard InChI is InChI=1S/C10H14N4O2/c11-8-2-1-5-13(7-8)10-4-3-9(6-12-10)14(15)16/h3-4,6,8H,1-2,5,7,11H2. The molecular formula is C10H14N4O2. The highest BCUT2D eigenvalue weighted by Crippen LogP contribution is 2.19. The van der Waals surface area contributed by atoms with Crippen molar-refractivity contribution < 1.29 is 4.92 Å². The zero-order valence-corrected chi connectivity index (χ0v) is 8.87. The van der Waals surface area contributed by atoms with E-state index in [0.29, 0.717) is 0 Å². The summed E-state index contributed by atoms with van der Waals surface area (Å²) in [5, 5.41) is 10.5. The summed E-state index contributed by atoms with van der Waals surface area (Å²) in [6, 6.07) is 3.32. The smallest absolute Gasteiger partial charge is 0.287 e. The van der Waals surface area contributed by atoms with Crippen LogP contribution in [0.25, 0.3) is 0 Å². The molecule has 1 saturated heterocycles. The number of hydrogen-bond acceptors (Lipinski definition) is 5. The van der Waals surface area contributed by atoms with Crippen LogP contribution in [0.3, 0.4) is 0 Å². The molecule has 1 aliphatic heterocycles. The van der Waals surface area contributed by atoms with Gasteiger partial charge in [0.15, 0.2) is 0 Å². The molecular weight excluding hydrogens is 208 g/mol. The molecule has 16 heavy (non-hydrogen) atoms. The van der Waals surface area contributed by atoms with E-state index in [4.69, 9.17) is 5.73 Å². The molecule has 2 heterocycles. The van der Waals surface area contributed by atoms with E-state index >= 15 is 0 Å². The van der Waals surface area contributed by atoms with E-state index in [2.05, 4.69) is 9.88 Å². The highest BCUT2D eigenvalue weighted by molar-refractivity contribution is 5.43. The summed E-state index contributed by atoms with van der Waals surface area (Å²) < 4.78 is 0. The van der Waals surface area contributed by atoms with Crippen LogP contribution in [0.4, 0.5) is 11.5 Å².